The molecule has 180 valence electrons. The van der Waals surface area contributed by atoms with Crippen molar-refractivity contribution in [3.05, 3.63) is 77.4 Å². The topological polar surface area (TPSA) is 102 Å². The van der Waals surface area contributed by atoms with Crippen molar-refractivity contribution >= 4 is 11.9 Å². The van der Waals surface area contributed by atoms with E-state index in [1.165, 1.54) is 7.11 Å². The zero-order valence-corrected chi connectivity index (χ0v) is 19.1. The molecule has 0 radical (unpaired) electrons. The molecule has 3 aromatic rings. The van der Waals surface area contributed by atoms with Crippen LogP contribution in [0.1, 0.15) is 27.6 Å². The lowest BCUT2D eigenvalue weighted by molar-refractivity contribution is 0.00887. The molecule has 0 saturated carbocycles. The summed E-state index contributed by atoms with van der Waals surface area (Å²) in [5.74, 6) is 2.32. The fourth-order valence-electron chi connectivity index (χ4n) is 3.98. The summed E-state index contributed by atoms with van der Waals surface area (Å²) in [4.78, 5) is 26.2. The Morgan fingerprint density at radius 2 is 1.71 bits per heavy atom. The Morgan fingerprint density at radius 3 is 2.54 bits per heavy atom. The predicted molar refractivity (Wildman–Crippen MR) is 123 cm³/mol. The van der Waals surface area contributed by atoms with Crippen LogP contribution in [0.15, 0.2) is 60.7 Å². The summed E-state index contributed by atoms with van der Waals surface area (Å²) in [6.07, 6.45) is -2.85. The van der Waals surface area contributed by atoms with Crippen molar-refractivity contribution < 1.29 is 38.0 Å². The Morgan fingerprint density at radius 1 is 0.943 bits per heavy atom. The molecule has 2 atom stereocenters. The standard InChI is InChI=1S/C26H23NO8/c1-30-17-5-3-4-16(11-17)24-25(23(28)19-12-18(31-2)7-9-20(19)34-24)35-26(29)27-13-15-6-8-21-22(10-15)33-14-32-21/h3-12,24-25H,13-14H2,1-2H3,(H,27,29)/t24-,25?/m0/s1. The predicted octanol–water partition coefficient (Wildman–Crippen LogP) is 4.04. The normalized spacial score (nSPS) is 17.7. The van der Waals surface area contributed by atoms with Gasteiger partial charge in [0, 0.05) is 12.1 Å². The number of hydrogen-bond donors (Lipinski definition) is 1. The Kier molecular flexibility index (Phi) is 6.05. The van der Waals surface area contributed by atoms with E-state index in [4.69, 9.17) is 28.4 Å². The van der Waals surface area contributed by atoms with Gasteiger partial charge in [0.2, 0.25) is 18.7 Å². The molecule has 35 heavy (non-hydrogen) atoms. The molecule has 0 bridgehead atoms. The highest BCUT2D eigenvalue weighted by Gasteiger charge is 2.41. The van der Waals surface area contributed by atoms with Gasteiger partial charge in [-0.1, -0.05) is 18.2 Å². The van der Waals surface area contributed by atoms with Crippen LogP contribution in [0.5, 0.6) is 28.7 Å². The number of methoxy groups -OCH3 is 2. The van der Waals surface area contributed by atoms with Crippen molar-refractivity contribution in [1.29, 1.82) is 0 Å². The van der Waals surface area contributed by atoms with E-state index in [9.17, 15) is 9.59 Å². The van der Waals surface area contributed by atoms with E-state index in [0.29, 0.717) is 34.3 Å². The molecule has 0 aromatic heterocycles. The van der Waals surface area contributed by atoms with Gasteiger partial charge in [0.15, 0.2) is 17.6 Å². The Hall–Kier alpha value is -4.40. The second-order valence-electron chi connectivity index (χ2n) is 7.91. The number of fused-ring (bicyclic) bond motifs is 2. The van der Waals surface area contributed by atoms with Crippen LogP contribution >= 0.6 is 0 Å². The van der Waals surface area contributed by atoms with E-state index in [1.54, 1.807) is 61.7 Å². The van der Waals surface area contributed by atoms with E-state index in [0.717, 1.165) is 5.56 Å². The zero-order valence-electron chi connectivity index (χ0n) is 19.1. The Balaban J connectivity index is 1.38. The first-order valence-corrected chi connectivity index (χ1v) is 10.9. The summed E-state index contributed by atoms with van der Waals surface area (Å²) < 4.78 is 33.0. The highest BCUT2D eigenvalue weighted by Crippen LogP contribution is 2.39. The zero-order chi connectivity index (χ0) is 24.4. The minimum atomic E-state index is -1.22. The number of carbonyl (C=O) groups excluding carboxylic acids is 2. The van der Waals surface area contributed by atoms with Gasteiger partial charge in [0.25, 0.3) is 0 Å². The van der Waals surface area contributed by atoms with Gasteiger partial charge in [-0.2, -0.15) is 0 Å². The summed E-state index contributed by atoms with van der Waals surface area (Å²) >= 11 is 0. The van der Waals surface area contributed by atoms with E-state index in [-0.39, 0.29) is 18.9 Å². The van der Waals surface area contributed by atoms with Crippen LogP contribution in [-0.2, 0) is 11.3 Å². The Bertz CT molecular complexity index is 1270. The van der Waals surface area contributed by atoms with Crippen molar-refractivity contribution in [2.24, 2.45) is 0 Å². The second kappa shape index (κ2) is 9.46. The van der Waals surface area contributed by atoms with Crippen LogP contribution in [0.25, 0.3) is 0 Å². The summed E-state index contributed by atoms with van der Waals surface area (Å²) in [5.41, 5.74) is 1.70. The molecule has 1 unspecified atom stereocenters. The first-order valence-electron chi connectivity index (χ1n) is 10.9. The molecule has 1 N–H and O–H groups in total. The first kappa shape index (κ1) is 22.4. The van der Waals surface area contributed by atoms with Gasteiger partial charge >= 0.3 is 6.09 Å². The SMILES string of the molecule is COc1cccc([C@@H]2Oc3ccc(OC)cc3C(=O)C2OC(=O)NCc2ccc3c(c2)OCO3)c1. The van der Waals surface area contributed by atoms with Crippen LogP contribution in [0, 0.1) is 0 Å². The van der Waals surface area contributed by atoms with Crippen molar-refractivity contribution in [3.8, 4) is 28.7 Å². The van der Waals surface area contributed by atoms with Crippen molar-refractivity contribution in [1.82, 2.24) is 5.32 Å². The maximum atomic E-state index is 13.5. The number of rotatable bonds is 6. The molecular weight excluding hydrogens is 454 g/mol. The van der Waals surface area contributed by atoms with E-state index >= 15 is 0 Å². The molecule has 0 fully saturated rings. The molecule has 9 nitrogen and oxygen atoms in total. The molecule has 2 aliphatic heterocycles. The highest BCUT2D eigenvalue weighted by atomic mass is 16.7. The molecule has 0 spiro atoms. The fraction of sp³-hybridized carbons (Fsp3) is 0.231. The quantitative estimate of drug-likeness (QED) is 0.568. The van der Waals surface area contributed by atoms with Gasteiger partial charge in [0.05, 0.1) is 19.8 Å². The first-order chi connectivity index (χ1) is 17.1. The Labute approximate surface area is 201 Å². The summed E-state index contributed by atoms with van der Waals surface area (Å²) in [6, 6.07) is 17.4. The van der Waals surface area contributed by atoms with Crippen LogP contribution in [0.4, 0.5) is 4.79 Å². The minimum Gasteiger partial charge on any atom is -0.497 e. The fourth-order valence-corrected chi connectivity index (χ4v) is 3.98. The molecule has 0 aliphatic carbocycles. The van der Waals surface area contributed by atoms with E-state index in [2.05, 4.69) is 5.32 Å². The number of benzene rings is 3. The number of ether oxygens (including phenoxy) is 6. The van der Waals surface area contributed by atoms with Gasteiger partial charge in [-0.15, -0.1) is 0 Å². The monoisotopic (exact) mass is 477 g/mol. The van der Waals surface area contributed by atoms with Gasteiger partial charge in [0.1, 0.15) is 17.2 Å². The third-order valence-corrected chi connectivity index (χ3v) is 5.77. The summed E-state index contributed by atoms with van der Waals surface area (Å²) in [7, 11) is 3.05. The third kappa shape index (κ3) is 4.52. The number of alkyl carbamates (subject to hydrolysis) is 1. The van der Waals surface area contributed by atoms with Crippen LogP contribution in [-0.4, -0.2) is 39.0 Å². The lowest BCUT2D eigenvalue weighted by Gasteiger charge is -2.32. The van der Waals surface area contributed by atoms with E-state index < -0.39 is 24.1 Å². The molecule has 5 rings (SSSR count). The summed E-state index contributed by atoms with van der Waals surface area (Å²) in [5, 5.41) is 2.68. The van der Waals surface area contributed by atoms with Gasteiger partial charge in [-0.3, -0.25) is 4.79 Å². The number of hydrogen-bond acceptors (Lipinski definition) is 8. The maximum Gasteiger partial charge on any atom is 0.408 e. The van der Waals surface area contributed by atoms with Crippen LogP contribution in [0.2, 0.25) is 0 Å². The van der Waals surface area contributed by atoms with Crippen LogP contribution < -0.4 is 29.0 Å². The smallest absolute Gasteiger partial charge is 0.408 e. The van der Waals surface area contributed by atoms with Crippen molar-refractivity contribution in [2.45, 2.75) is 18.8 Å². The van der Waals surface area contributed by atoms with Crippen molar-refractivity contribution in [2.75, 3.05) is 21.0 Å². The molecule has 1 amide bonds. The molecule has 2 heterocycles. The molecule has 9 heteroatoms. The number of carbonyl (C=O) groups is 2. The van der Waals surface area contributed by atoms with Gasteiger partial charge < -0.3 is 33.7 Å². The minimum absolute atomic E-state index is 0.163. The van der Waals surface area contributed by atoms with E-state index in [1.807, 2.05) is 6.07 Å². The number of Topliss-reactive ketones (excluding diaryl/α,β-unsaturated/α-hetero) is 1. The molecular formula is C26H23NO8. The largest absolute Gasteiger partial charge is 0.497 e. The molecule has 3 aromatic carbocycles. The molecule has 0 saturated heterocycles. The highest BCUT2D eigenvalue weighted by molar-refractivity contribution is 6.04. The lowest BCUT2D eigenvalue weighted by Crippen LogP contribution is -2.42. The average molecular weight is 477 g/mol. The second-order valence-corrected chi connectivity index (χ2v) is 7.91. The van der Waals surface area contributed by atoms with Crippen molar-refractivity contribution in [3.63, 3.8) is 0 Å². The average Bonchev–Trinajstić information content (AvgIpc) is 3.37. The van der Waals surface area contributed by atoms with Crippen LogP contribution in [0.3, 0.4) is 0 Å². The molecule has 2 aliphatic rings. The maximum absolute atomic E-state index is 13.5. The third-order valence-electron chi connectivity index (χ3n) is 5.77. The van der Waals surface area contributed by atoms with Gasteiger partial charge in [-0.05, 0) is 48.0 Å². The van der Waals surface area contributed by atoms with Gasteiger partial charge in [-0.25, -0.2) is 4.79 Å². The lowest BCUT2D eigenvalue weighted by atomic mass is 9.93. The number of amides is 1. The summed E-state index contributed by atoms with van der Waals surface area (Å²) in [6.45, 7) is 0.335. The number of nitrogens with one attached hydrogen (secondary N) is 1. The number of ketones is 1.